The van der Waals surface area contributed by atoms with Gasteiger partial charge in [0.25, 0.3) is 0 Å². The Morgan fingerprint density at radius 3 is 2.50 bits per heavy atom. The van der Waals surface area contributed by atoms with Gasteiger partial charge in [-0.3, -0.25) is 9.48 Å². The molecule has 0 spiro atoms. The lowest BCUT2D eigenvalue weighted by atomic mass is 10.1. The normalized spacial score (nSPS) is 10.3. The Hall–Kier alpha value is -2.30. The lowest BCUT2D eigenvalue weighted by Crippen LogP contribution is -2.13. The second-order valence-corrected chi connectivity index (χ2v) is 4.98. The number of rotatable bonds is 5. The number of amides is 1. The molecular formula is C15H20N4O. The molecule has 0 bridgehead atoms. The molecule has 5 heteroatoms. The highest BCUT2D eigenvalue weighted by atomic mass is 16.1. The Kier molecular flexibility index (Phi) is 4.40. The summed E-state index contributed by atoms with van der Waals surface area (Å²) in [6.45, 7) is 0. The molecule has 0 fully saturated rings. The molecule has 0 aliphatic heterocycles. The third kappa shape index (κ3) is 3.85. The van der Waals surface area contributed by atoms with Crippen molar-refractivity contribution in [2.24, 2.45) is 7.05 Å². The SMILES string of the molecule is CN(C)c1ccc(CCC(=O)Nc2ccn(C)n2)cc1. The summed E-state index contributed by atoms with van der Waals surface area (Å²) in [5.41, 5.74) is 2.32. The molecule has 1 N–H and O–H groups in total. The van der Waals surface area contributed by atoms with Crippen LogP contribution in [0.2, 0.25) is 0 Å². The molecule has 0 unspecified atom stereocenters. The number of nitrogens with one attached hydrogen (secondary N) is 1. The molecule has 0 aliphatic rings. The topological polar surface area (TPSA) is 50.2 Å². The molecule has 0 saturated carbocycles. The third-order valence-electron chi connectivity index (χ3n) is 3.07. The fourth-order valence-electron chi connectivity index (χ4n) is 1.91. The van der Waals surface area contributed by atoms with Crippen molar-refractivity contribution in [2.75, 3.05) is 24.3 Å². The predicted molar refractivity (Wildman–Crippen MR) is 80.9 cm³/mol. The number of aryl methyl sites for hydroxylation is 2. The van der Waals surface area contributed by atoms with E-state index < -0.39 is 0 Å². The zero-order chi connectivity index (χ0) is 14.5. The summed E-state index contributed by atoms with van der Waals surface area (Å²) in [6, 6.07) is 10.0. The smallest absolute Gasteiger partial charge is 0.225 e. The fourth-order valence-corrected chi connectivity index (χ4v) is 1.91. The van der Waals surface area contributed by atoms with Crippen molar-refractivity contribution in [3.05, 3.63) is 42.1 Å². The van der Waals surface area contributed by atoms with Gasteiger partial charge in [-0.25, -0.2) is 0 Å². The van der Waals surface area contributed by atoms with Gasteiger partial charge >= 0.3 is 0 Å². The van der Waals surface area contributed by atoms with Gasteiger partial charge in [0, 0.05) is 45.5 Å². The molecule has 106 valence electrons. The molecular weight excluding hydrogens is 252 g/mol. The van der Waals surface area contributed by atoms with Gasteiger partial charge in [-0.05, 0) is 24.1 Å². The first-order chi connectivity index (χ1) is 9.54. The number of hydrogen-bond acceptors (Lipinski definition) is 3. The van der Waals surface area contributed by atoms with Crippen LogP contribution in [0.25, 0.3) is 0 Å². The molecule has 5 nitrogen and oxygen atoms in total. The highest BCUT2D eigenvalue weighted by molar-refractivity contribution is 5.89. The van der Waals surface area contributed by atoms with Crippen molar-refractivity contribution < 1.29 is 4.79 Å². The average molecular weight is 272 g/mol. The summed E-state index contributed by atoms with van der Waals surface area (Å²) in [4.78, 5) is 13.9. The predicted octanol–water partition coefficient (Wildman–Crippen LogP) is 2.06. The maximum atomic E-state index is 11.8. The fraction of sp³-hybridized carbons (Fsp3) is 0.333. The van der Waals surface area contributed by atoms with Crippen molar-refractivity contribution in [3.63, 3.8) is 0 Å². The summed E-state index contributed by atoms with van der Waals surface area (Å²) in [7, 11) is 5.84. The van der Waals surface area contributed by atoms with Crippen LogP contribution in [-0.4, -0.2) is 29.8 Å². The molecule has 20 heavy (non-hydrogen) atoms. The van der Waals surface area contributed by atoms with Gasteiger partial charge < -0.3 is 10.2 Å². The van der Waals surface area contributed by atoms with Gasteiger partial charge in [0.2, 0.25) is 5.91 Å². The summed E-state index contributed by atoms with van der Waals surface area (Å²) >= 11 is 0. The lowest BCUT2D eigenvalue weighted by Gasteiger charge is -2.12. The van der Waals surface area contributed by atoms with E-state index in [2.05, 4.69) is 39.6 Å². The van der Waals surface area contributed by atoms with E-state index in [4.69, 9.17) is 0 Å². The molecule has 0 radical (unpaired) electrons. The molecule has 1 heterocycles. The van der Waals surface area contributed by atoms with E-state index in [1.54, 1.807) is 16.9 Å². The summed E-state index contributed by atoms with van der Waals surface area (Å²) < 4.78 is 1.66. The van der Waals surface area contributed by atoms with Gasteiger partial charge in [0.05, 0.1) is 0 Å². The average Bonchev–Trinajstić information content (AvgIpc) is 2.82. The Labute approximate surface area is 119 Å². The van der Waals surface area contributed by atoms with E-state index in [9.17, 15) is 4.79 Å². The van der Waals surface area contributed by atoms with Crippen LogP contribution in [0.1, 0.15) is 12.0 Å². The van der Waals surface area contributed by atoms with Crippen LogP contribution in [0.5, 0.6) is 0 Å². The number of hydrogen-bond donors (Lipinski definition) is 1. The van der Waals surface area contributed by atoms with E-state index in [1.807, 2.05) is 21.1 Å². The van der Waals surface area contributed by atoms with Crippen molar-refractivity contribution >= 4 is 17.4 Å². The standard InChI is InChI=1S/C15H20N4O/c1-18(2)13-7-4-12(5-8-13)6-9-15(20)16-14-10-11-19(3)17-14/h4-5,7-8,10-11H,6,9H2,1-3H3,(H,16,17,20). The Balaban J connectivity index is 1.83. The van der Waals surface area contributed by atoms with E-state index in [-0.39, 0.29) is 5.91 Å². The number of aromatic nitrogens is 2. The molecule has 2 rings (SSSR count). The zero-order valence-electron chi connectivity index (χ0n) is 12.1. The maximum Gasteiger partial charge on any atom is 0.225 e. The first kappa shape index (κ1) is 14.1. The van der Waals surface area contributed by atoms with E-state index in [0.717, 1.165) is 17.7 Å². The number of nitrogens with zero attached hydrogens (tertiary/aromatic N) is 3. The summed E-state index contributed by atoms with van der Waals surface area (Å²) in [6.07, 6.45) is 2.99. The summed E-state index contributed by atoms with van der Waals surface area (Å²) in [5, 5.41) is 6.90. The largest absolute Gasteiger partial charge is 0.378 e. The van der Waals surface area contributed by atoms with Crippen molar-refractivity contribution in [1.82, 2.24) is 9.78 Å². The Morgan fingerprint density at radius 1 is 1.25 bits per heavy atom. The second kappa shape index (κ2) is 6.23. The van der Waals surface area contributed by atoms with Crippen molar-refractivity contribution in [2.45, 2.75) is 12.8 Å². The molecule has 1 amide bonds. The lowest BCUT2D eigenvalue weighted by molar-refractivity contribution is -0.116. The van der Waals surface area contributed by atoms with E-state index in [1.165, 1.54) is 0 Å². The molecule has 0 aliphatic carbocycles. The van der Waals surface area contributed by atoms with Gasteiger partial charge in [0.1, 0.15) is 0 Å². The molecule has 1 aromatic carbocycles. The Morgan fingerprint density at radius 2 is 1.95 bits per heavy atom. The molecule has 0 saturated heterocycles. The quantitative estimate of drug-likeness (QED) is 0.906. The van der Waals surface area contributed by atoms with E-state index in [0.29, 0.717) is 12.2 Å². The highest BCUT2D eigenvalue weighted by Crippen LogP contribution is 2.13. The second-order valence-electron chi connectivity index (χ2n) is 4.98. The number of benzene rings is 1. The van der Waals surface area contributed by atoms with Crippen LogP contribution >= 0.6 is 0 Å². The van der Waals surface area contributed by atoms with Crippen LogP contribution in [0, 0.1) is 0 Å². The zero-order valence-corrected chi connectivity index (χ0v) is 12.1. The highest BCUT2D eigenvalue weighted by Gasteiger charge is 2.05. The minimum absolute atomic E-state index is 0.0135. The first-order valence-electron chi connectivity index (χ1n) is 6.60. The van der Waals surface area contributed by atoms with E-state index >= 15 is 0 Å². The minimum Gasteiger partial charge on any atom is -0.378 e. The summed E-state index contributed by atoms with van der Waals surface area (Å²) in [5.74, 6) is 0.584. The van der Waals surface area contributed by atoms with Crippen LogP contribution in [0.4, 0.5) is 11.5 Å². The van der Waals surface area contributed by atoms with Gasteiger partial charge in [0.15, 0.2) is 5.82 Å². The third-order valence-corrected chi connectivity index (χ3v) is 3.07. The maximum absolute atomic E-state index is 11.8. The number of carbonyl (C=O) groups is 1. The Bertz CT molecular complexity index is 572. The van der Waals surface area contributed by atoms with Crippen molar-refractivity contribution in [3.8, 4) is 0 Å². The number of carbonyl (C=O) groups excluding carboxylic acids is 1. The van der Waals surface area contributed by atoms with Gasteiger partial charge in [-0.1, -0.05) is 12.1 Å². The molecule has 2 aromatic rings. The molecule has 0 atom stereocenters. The van der Waals surface area contributed by atoms with Gasteiger partial charge in [-0.15, -0.1) is 0 Å². The van der Waals surface area contributed by atoms with Crippen LogP contribution in [-0.2, 0) is 18.3 Å². The minimum atomic E-state index is -0.0135. The first-order valence-corrected chi connectivity index (χ1v) is 6.60. The monoisotopic (exact) mass is 272 g/mol. The molecule has 1 aromatic heterocycles. The van der Waals surface area contributed by atoms with Crippen molar-refractivity contribution in [1.29, 1.82) is 0 Å². The van der Waals surface area contributed by atoms with Crippen LogP contribution in [0.3, 0.4) is 0 Å². The van der Waals surface area contributed by atoms with Gasteiger partial charge in [-0.2, -0.15) is 5.10 Å². The van der Waals surface area contributed by atoms with Crippen LogP contribution < -0.4 is 10.2 Å². The van der Waals surface area contributed by atoms with Crippen LogP contribution in [0.15, 0.2) is 36.5 Å². The number of anilines is 2.